The van der Waals surface area contributed by atoms with E-state index in [-0.39, 0.29) is 5.41 Å². The van der Waals surface area contributed by atoms with Crippen LogP contribution < -0.4 is 0 Å². The van der Waals surface area contributed by atoms with Crippen LogP contribution in [0.15, 0.2) is 264 Å². The zero-order valence-corrected chi connectivity index (χ0v) is 44.0. The minimum atomic E-state index is -0.0386. The fourth-order valence-corrected chi connectivity index (χ4v) is 13.6. The summed E-state index contributed by atoms with van der Waals surface area (Å²) in [5.74, 6) is 0. The number of hydrogen-bond acceptors (Lipinski definition) is 2. The van der Waals surface area contributed by atoms with Crippen LogP contribution in [0.4, 0.5) is 0 Å². The lowest BCUT2D eigenvalue weighted by Crippen LogP contribution is -2.14. The molecule has 2 nitrogen and oxygen atoms in total. The second kappa shape index (κ2) is 17.6. The Morgan fingerprint density at radius 3 is 1.16 bits per heavy atom. The maximum atomic E-state index is 6.85. The van der Waals surface area contributed by atoms with Gasteiger partial charge in [0.2, 0.25) is 0 Å². The summed E-state index contributed by atoms with van der Waals surface area (Å²) in [6, 6.07) is 92.4. The largest absolute Gasteiger partial charge is 0.455 e. The van der Waals surface area contributed by atoms with E-state index in [4.69, 9.17) is 8.83 Å². The Morgan fingerprint density at radius 1 is 0.241 bits per heavy atom. The van der Waals surface area contributed by atoms with Crippen LogP contribution in [0.5, 0.6) is 0 Å². The third-order valence-corrected chi connectivity index (χ3v) is 17.5. The average molecular weight is 1010 g/mol. The molecule has 0 unspecified atom stereocenters. The molecule has 0 fully saturated rings. The van der Waals surface area contributed by atoms with Crippen molar-refractivity contribution < 1.29 is 8.83 Å². The Kier molecular flexibility index (Phi) is 10.1. The van der Waals surface area contributed by atoms with Gasteiger partial charge in [-0.1, -0.05) is 250 Å². The molecule has 0 radical (unpaired) electrons. The number of para-hydroxylation sites is 4. The highest BCUT2D eigenvalue weighted by Crippen LogP contribution is 2.51. The summed E-state index contributed by atoms with van der Waals surface area (Å²) in [4.78, 5) is 0. The van der Waals surface area contributed by atoms with Gasteiger partial charge in [-0.15, -0.1) is 0 Å². The minimum absolute atomic E-state index is 0.0386. The molecule has 12 aromatic carbocycles. The number of hydrogen-bond donors (Lipinski definition) is 0. The second-order valence-electron chi connectivity index (χ2n) is 22.2. The van der Waals surface area contributed by atoms with E-state index < -0.39 is 0 Å². The fraction of sp³-hybridized carbons (Fsp3) is 0.0649. The Morgan fingerprint density at radius 2 is 0.620 bits per heavy atom. The predicted molar refractivity (Wildman–Crippen MR) is 329 cm³/mol. The molecule has 3 aliphatic rings. The molecule has 2 heteroatoms. The van der Waals surface area contributed by atoms with Crippen molar-refractivity contribution in [3.05, 3.63) is 288 Å². The van der Waals surface area contributed by atoms with E-state index >= 15 is 0 Å². The molecule has 14 aromatic rings. The lowest BCUT2D eigenvalue weighted by Gasteiger charge is -2.22. The van der Waals surface area contributed by atoms with E-state index in [0.717, 1.165) is 79.0 Å². The van der Waals surface area contributed by atoms with Gasteiger partial charge in [0, 0.05) is 49.2 Å². The Labute approximate surface area is 459 Å². The van der Waals surface area contributed by atoms with Crippen molar-refractivity contribution in [1.29, 1.82) is 0 Å². The van der Waals surface area contributed by atoms with Gasteiger partial charge in [-0.05, 0) is 131 Å². The first kappa shape index (κ1) is 45.4. The van der Waals surface area contributed by atoms with Crippen molar-refractivity contribution in [2.75, 3.05) is 0 Å². The molecular weight excluding hydrogens is 957 g/mol. The molecule has 0 atom stereocenters. The van der Waals surface area contributed by atoms with E-state index in [1.54, 1.807) is 0 Å². The first-order valence-corrected chi connectivity index (χ1v) is 27.6. The van der Waals surface area contributed by atoms with Crippen LogP contribution in [0.25, 0.3) is 133 Å². The van der Waals surface area contributed by atoms with Gasteiger partial charge >= 0.3 is 0 Å². The van der Waals surface area contributed by atoms with Gasteiger partial charge in [-0.2, -0.15) is 0 Å². The molecule has 3 aliphatic carbocycles. The van der Waals surface area contributed by atoms with Crippen LogP contribution in [0.3, 0.4) is 0 Å². The lowest BCUT2D eigenvalue weighted by atomic mass is 9.81. The zero-order valence-electron chi connectivity index (χ0n) is 44.0. The van der Waals surface area contributed by atoms with Crippen molar-refractivity contribution >= 4 is 43.9 Å². The number of fused-ring (bicyclic) bond motifs is 15. The van der Waals surface area contributed by atoms with E-state index in [1.165, 1.54) is 100 Å². The van der Waals surface area contributed by atoms with Crippen molar-refractivity contribution in [2.24, 2.45) is 0 Å². The summed E-state index contributed by atoms with van der Waals surface area (Å²) in [5.41, 5.74) is 31.9. The van der Waals surface area contributed by atoms with Gasteiger partial charge in [0.05, 0.1) is 0 Å². The van der Waals surface area contributed by atoms with Gasteiger partial charge < -0.3 is 8.83 Å². The minimum Gasteiger partial charge on any atom is -0.455 e. The lowest BCUT2D eigenvalue weighted by molar-refractivity contribution is 0.660. The monoisotopic (exact) mass is 1010 g/mol. The van der Waals surface area contributed by atoms with Crippen molar-refractivity contribution in [3.8, 4) is 89.0 Å². The maximum absolute atomic E-state index is 6.85. The van der Waals surface area contributed by atoms with Crippen LogP contribution in [0.1, 0.15) is 47.2 Å². The summed E-state index contributed by atoms with van der Waals surface area (Å²) >= 11 is 0. The number of rotatable bonds is 5. The second-order valence-corrected chi connectivity index (χ2v) is 22.2. The van der Waals surface area contributed by atoms with Crippen LogP contribution >= 0.6 is 0 Å². The Hall–Kier alpha value is -9.76. The molecule has 0 saturated carbocycles. The number of benzene rings is 12. The summed E-state index contributed by atoms with van der Waals surface area (Å²) in [7, 11) is 0. The quantitative estimate of drug-likeness (QED) is 0.172. The normalized spacial score (nSPS) is 13.2. The van der Waals surface area contributed by atoms with Gasteiger partial charge in [0.1, 0.15) is 22.3 Å². The molecule has 0 amide bonds. The number of furan rings is 2. The van der Waals surface area contributed by atoms with E-state index in [2.05, 4.69) is 269 Å². The molecular formula is C77H52O2. The van der Waals surface area contributed by atoms with E-state index in [1.807, 2.05) is 0 Å². The van der Waals surface area contributed by atoms with E-state index in [9.17, 15) is 0 Å². The summed E-state index contributed by atoms with van der Waals surface area (Å²) in [6.07, 6.45) is 2.01. The third-order valence-electron chi connectivity index (χ3n) is 17.5. The molecule has 0 spiro atoms. The van der Waals surface area contributed by atoms with Gasteiger partial charge in [0.25, 0.3) is 0 Å². The summed E-state index contributed by atoms with van der Waals surface area (Å²) in [6.45, 7) is 4.68. The molecule has 2 aromatic heterocycles. The Bertz CT molecular complexity index is 4810. The molecule has 17 rings (SSSR count). The highest BCUT2D eigenvalue weighted by molar-refractivity contribution is 6.15. The van der Waals surface area contributed by atoms with Gasteiger partial charge in [0.15, 0.2) is 0 Å². The molecule has 2 heterocycles. The fourth-order valence-electron chi connectivity index (χ4n) is 13.6. The van der Waals surface area contributed by atoms with Crippen LogP contribution in [-0.2, 0) is 18.3 Å². The molecule has 0 aliphatic heterocycles. The standard InChI is InChI=1S/C40H28O.C37H24O/c1-40(2)36-16-6-5-11-31(36)32-20-19-27(23-37(32)40)30-13-8-15-34-33-14-7-12-29(38(33)41-39(30)34)26-18-17-25-21-24-9-3-4-10-28(24)35(25)22-26;1-2-10-24(11-3-1)28-13-6-7-15-31(28)32-17-9-19-34-33-18-8-16-30(36(33)38-37(32)34)27-21-20-26-22-25-12-4-5-14-29(25)35(26)23-27/h3-20,22-23H,21H2,1-2H3;1-21,23H,22H2. The van der Waals surface area contributed by atoms with Crippen LogP contribution in [-0.4, -0.2) is 0 Å². The van der Waals surface area contributed by atoms with Crippen LogP contribution in [0.2, 0.25) is 0 Å². The molecule has 372 valence electrons. The third kappa shape index (κ3) is 7.11. The SMILES string of the molecule is CC1(C)c2ccccc2-c2ccc(-c3cccc4c3oc3c(-c5ccc6c(c5)-c5ccccc5C6)cccc34)cc21.c1ccc(-c2ccccc2-c2cccc3c2oc2c(-c4ccc5c(c4)-c4ccccc4C5)cccc23)cc1. The summed E-state index contributed by atoms with van der Waals surface area (Å²) < 4.78 is 13.6. The molecule has 79 heavy (non-hydrogen) atoms. The van der Waals surface area contributed by atoms with Crippen molar-refractivity contribution in [1.82, 2.24) is 0 Å². The first-order valence-electron chi connectivity index (χ1n) is 27.6. The van der Waals surface area contributed by atoms with Crippen LogP contribution in [0, 0.1) is 0 Å². The zero-order chi connectivity index (χ0) is 52.3. The van der Waals surface area contributed by atoms with Crippen molar-refractivity contribution in [2.45, 2.75) is 32.1 Å². The Balaban J connectivity index is 0.000000132. The van der Waals surface area contributed by atoms with Gasteiger partial charge in [-0.3, -0.25) is 0 Å². The predicted octanol–water partition coefficient (Wildman–Crippen LogP) is 21.0. The summed E-state index contributed by atoms with van der Waals surface area (Å²) in [5, 5.41) is 4.62. The van der Waals surface area contributed by atoms with E-state index in [0.29, 0.717) is 0 Å². The maximum Gasteiger partial charge on any atom is 0.143 e. The molecule has 0 saturated heterocycles. The smallest absolute Gasteiger partial charge is 0.143 e. The average Bonchev–Trinajstić information content (AvgIpc) is 4.42. The van der Waals surface area contributed by atoms with Gasteiger partial charge in [-0.25, -0.2) is 0 Å². The molecule has 0 N–H and O–H groups in total. The highest BCUT2D eigenvalue weighted by atomic mass is 16.3. The molecule has 0 bridgehead atoms. The highest BCUT2D eigenvalue weighted by Gasteiger charge is 2.35. The van der Waals surface area contributed by atoms with Crippen molar-refractivity contribution in [3.63, 3.8) is 0 Å². The topological polar surface area (TPSA) is 26.3 Å². The first-order chi connectivity index (χ1) is 38.9.